The van der Waals surface area contributed by atoms with Gasteiger partial charge in [-0.05, 0) is 19.1 Å². The van der Waals surface area contributed by atoms with Crippen LogP contribution in [-0.4, -0.2) is 32.6 Å². The zero-order valence-corrected chi connectivity index (χ0v) is 14.6. The highest BCUT2D eigenvalue weighted by molar-refractivity contribution is 5.98. The summed E-state index contributed by atoms with van der Waals surface area (Å²) in [7, 11) is 1.68. The van der Waals surface area contributed by atoms with E-state index < -0.39 is 0 Å². The smallest absolute Gasteiger partial charge is 0.279 e. The highest BCUT2D eigenvalue weighted by atomic mass is 16.2. The summed E-state index contributed by atoms with van der Waals surface area (Å²) in [6.45, 7) is 9.87. The molecule has 6 nitrogen and oxygen atoms in total. The van der Waals surface area contributed by atoms with Crippen molar-refractivity contribution in [3.05, 3.63) is 51.7 Å². The van der Waals surface area contributed by atoms with Crippen molar-refractivity contribution in [1.82, 2.24) is 19.7 Å². The minimum atomic E-state index is -0.236. The number of aromatic nitrogens is 3. The molecule has 0 fully saturated rings. The summed E-state index contributed by atoms with van der Waals surface area (Å²) in [5.41, 5.74) is 1.14. The molecule has 1 aliphatic heterocycles. The van der Waals surface area contributed by atoms with E-state index in [0.29, 0.717) is 22.8 Å². The molecule has 0 saturated carbocycles. The molecule has 0 radical (unpaired) electrons. The Hall–Kier alpha value is -2.50. The van der Waals surface area contributed by atoms with Crippen molar-refractivity contribution < 1.29 is 4.79 Å². The van der Waals surface area contributed by atoms with E-state index >= 15 is 0 Å². The van der Waals surface area contributed by atoms with E-state index in [1.165, 1.54) is 9.47 Å². The number of para-hydroxylation sites is 1. The van der Waals surface area contributed by atoms with Crippen LogP contribution < -0.4 is 5.56 Å². The van der Waals surface area contributed by atoms with Crippen LogP contribution in [0, 0.1) is 6.92 Å². The van der Waals surface area contributed by atoms with Crippen molar-refractivity contribution in [3.63, 3.8) is 0 Å². The number of nitrogens with zero attached hydrogens (tertiary/aromatic N) is 4. The Balaban J connectivity index is 0.000000615. The van der Waals surface area contributed by atoms with Gasteiger partial charge >= 0.3 is 0 Å². The Labute approximate surface area is 136 Å². The third-order valence-corrected chi connectivity index (χ3v) is 3.19. The lowest BCUT2D eigenvalue weighted by molar-refractivity contribution is 0.0786. The molecule has 3 rings (SSSR count). The zero-order chi connectivity index (χ0) is 17.6. The maximum absolute atomic E-state index is 12.3. The Morgan fingerprint density at radius 2 is 1.61 bits per heavy atom. The Bertz CT molecular complexity index is 738. The second kappa shape index (κ2) is 8.22. The predicted molar refractivity (Wildman–Crippen MR) is 90.9 cm³/mol. The number of hydrogen-bond acceptors (Lipinski definition) is 4. The fourth-order valence-electron chi connectivity index (χ4n) is 2.19. The van der Waals surface area contributed by atoms with Crippen LogP contribution in [0.1, 0.15) is 49.6 Å². The third-order valence-electron chi connectivity index (χ3n) is 3.19. The summed E-state index contributed by atoms with van der Waals surface area (Å²) in [5, 5.41) is 7.89. The van der Waals surface area contributed by atoms with Crippen molar-refractivity contribution in [3.8, 4) is 5.69 Å². The summed E-state index contributed by atoms with van der Waals surface area (Å²) in [5.74, 6) is 0.342. The van der Waals surface area contributed by atoms with E-state index in [4.69, 9.17) is 0 Å². The highest BCUT2D eigenvalue weighted by Gasteiger charge is 2.25. The summed E-state index contributed by atoms with van der Waals surface area (Å²) in [6.07, 6.45) is 0. The van der Waals surface area contributed by atoms with Gasteiger partial charge in [-0.15, -0.1) is 10.2 Å². The number of fused-ring (bicyclic) bond motifs is 3. The number of carbonyl (C=O) groups is 1. The third kappa shape index (κ3) is 3.47. The molecule has 23 heavy (non-hydrogen) atoms. The quantitative estimate of drug-likeness (QED) is 0.749. The summed E-state index contributed by atoms with van der Waals surface area (Å²) < 4.78 is 1.47. The van der Waals surface area contributed by atoms with Crippen molar-refractivity contribution in [2.45, 2.75) is 41.2 Å². The summed E-state index contributed by atoms with van der Waals surface area (Å²) in [6, 6.07) is 7.04. The molecule has 1 aliphatic rings. The van der Waals surface area contributed by atoms with Crippen LogP contribution >= 0.6 is 0 Å². The first-order valence-electron chi connectivity index (χ1n) is 7.89. The normalized spacial score (nSPS) is 11.9. The van der Waals surface area contributed by atoms with Crippen LogP contribution in [0.5, 0.6) is 0 Å². The van der Waals surface area contributed by atoms with Crippen LogP contribution in [0.4, 0.5) is 0 Å². The zero-order valence-electron chi connectivity index (χ0n) is 14.6. The molecular weight excluding hydrogens is 292 g/mol. The van der Waals surface area contributed by atoms with Gasteiger partial charge in [-0.2, -0.15) is 0 Å². The van der Waals surface area contributed by atoms with E-state index in [-0.39, 0.29) is 18.0 Å². The van der Waals surface area contributed by atoms with E-state index in [0.717, 1.165) is 0 Å². The molecule has 124 valence electrons. The average Bonchev–Trinajstić information content (AvgIpc) is 2.71. The van der Waals surface area contributed by atoms with Crippen LogP contribution in [0.15, 0.2) is 29.1 Å². The topological polar surface area (TPSA) is 68.1 Å². The van der Waals surface area contributed by atoms with Gasteiger partial charge in [-0.1, -0.05) is 39.8 Å². The van der Waals surface area contributed by atoms with Gasteiger partial charge in [-0.3, -0.25) is 14.2 Å². The number of rotatable bonds is 0. The first-order valence-corrected chi connectivity index (χ1v) is 7.89. The summed E-state index contributed by atoms with van der Waals surface area (Å²) in [4.78, 5) is 26.1. The van der Waals surface area contributed by atoms with Crippen LogP contribution in [0.3, 0.4) is 0 Å². The van der Waals surface area contributed by atoms with Gasteiger partial charge in [0.1, 0.15) is 5.69 Å². The van der Waals surface area contributed by atoms with Crippen LogP contribution in [-0.2, 0) is 6.54 Å². The average molecular weight is 316 g/mol. The summed E-state index contributed by atoms with van der Waals surface area (Å²) >= 11 is 0. The van der Waals surface area contributed by atoms with Crippen LogP contribution in [0.25, 0.3) is 5.69 Å². The van der Waals surface area contributed by atoms with Gasteiger partial charge in [0.05, 0.1) is 17.8 Å². The van der Waals surface area contributed by atoms with Gasteiger partial charge in [0, 0.05) is 7.05 Å². The van der Waals surface area contributed by atoms with Gasteiger partial charge in [0.2, 0.25) is 0 Å². The lowest BCUT2D eigenvalue weighted by Crippen LogP contribution is -2.28. The fraction of sp³-hybridized carbons (Fsp3) is 0.412. The molecule has 2 heterocycles. The van der Waals surface area contributed by atoms with Gasteiger partial charge in [0.15, 0.2) is 5.82 Å². The minimum absolute atomic E-state index is 0.127. The van der Waals surface area contributed by atoms with Crippen molar-refractivity contribution in [2.24, 2.45) is 0 Å². The molecule has 0 aliphatic carbocycles. The molecule has 0 N–H and O–H groups in total. The monoisotopic (exact) mass is 316 g/mol. The van der Waals surface area contributed by atoms with Gasteiger partial charge < -0.3 is 4.90 Å². The standard InChI is InChI=1S/C13H12N4O2.2C2H6/c1-8-12(18)17-10-6-4-3-5-9(10)13(19)16(2)7-11(17)15-14-8;2*1-2/h3-6H,7H2,1-2H3;2*1-2H3. The molecule has 6 heteroatoms. The van der Waals surface area contributed by atoms with E-state index in [2.05, 4.69) is 10.2 Å². The Morgan fingerprint density at radius 1 is 1.00 bits per heavy atom. The maximum Gasteiger partial charge on any atom is 0.279 e. The number of hydrogen-bond donors (Lipinski definition) is 0. The van der Waals surface area contributed by atoms with Crippen molar-refractivity contribution in [1.29, 1.82) is 0 Å². The lowest BCUT2D eigenvalue weighted by atomic mass is 10.1. The Morgan fingerprint density at radius 3 is 2.26 bits per heavy atom. The largest absolute Gasteiger partial charge is 0.334 e. The van der Waals surface area contributed by atoms with Crippen molar-refractivity contribution in [2.75, 3.05) is 7.05 Å². The first kappa shape index (κ1) is 18.5. The molecule has 0 saturated heterocycles. The first-order chi connectivity index (χ1) is 11.1. The maximum atomic E-state index is 12.3. The molecular formula is C17H24N4O2. The van der Waals surface area contributed by atoms with Gasteiger partial charge in [0.25, 0.3) is 11.5 Å². The van der Waals surface area contributed by atoms with E-state index in [9.17, 15) is 9.59 Å². The van der Waals surface area contributed by atoms with E-state index in [1.807, 2.05) is 27.7 Å². The SMILES string of the molecule is CC.CC.Cc1nnc2n(c1=O)-c1ccccc1C(=O)N(C)C2. The van der Waals surface area contributed by atoms with E-state index in [1.54, 1.807) is 38.2 Å². The van der Waals surface area contributed by atoms with Gasteiger partial charge in [-0.25, -0.2) is 0 Å². The molecule has 1 aromatic heterocycles. The number of benzene rings is 1. The molecule has 1 amide bonds. The molecule has 1 aromatic carbocycles. The second-order valence-electron chi connectivity index (χ2n) is 4.52. The molecule has 2 aromatic rings. The number of carbonyl (C=O) groups excluding carboxylic acids is 1. The molecule has 0 spiro atoms. The second-order valence-corrected chi connectivity index (χ2v) is 4.52. The highest BCUT2D eigenvalue weighted by Crippen LogP contribution is 2.20. The van der Waals surface area contributed by atoms with Crippen molar-refractivity contribution >= 4 is 5.91 Å². The number of aryl methyl sites for hydroxylation is 1. The Kier molecular flexibility index (Phi) is 6.63. The molecule has 0 bridgehead atoms. The molecule has 0 atom stereocenters. The predicted octanol–water partition coefficient (Wildman–Crippen LogP) is 2.57. The minimum Gasteiger partial charge on any atom is -0.334 e. The lowest BCUT2D eigenvalue weighted by Gasteiger charge is -2.13. The van der Waals surface area contributed by atoms with Crippen LogP contribution in [0.2, 0.25) is 0 Å². The number of amides is 1. The fourth-order valence-corrected chi connectivity index (χ4v) is 2.19. The molecule has 0 unspecified atom stereocenters.